The predicted molar refractivity (Wildman–Crippen MR) is 46.5 cm³/mol. The van der Waals surface area contributed by atoms with Crippen LogP contribution in [-0.2, 0) is 0 Å². The lowest BCUT2D eigenvalue weighted by Gasteiger charge is -2.25. The topological polar surface area (TPSA) is 23.5 Å². The second-order valence-electron chi connectivity index (χ2n) is 2.74. The minimum atomic E-state index is -0.0648. The minimum absolute atomic E-state index is 0.0648. The number of piperidine rings is 1. The molecule has 11 heavy (non-hydrogen) atoms. The molecule has 60 valence electrons. The highest BCUT2D eigenvalue weighted by Gasteiger charge is 2.12. The predicted octanol–water partition coefficient (Wildman–Crippen LogP) is 0.651. The number of hydrogen-bond acceptors (Lipinski definition) is 2. The molecule has 4 heteroatoms. The summed E-state index contributed by atoms with van der Waals surface area (Å²) in [5.74, 6) is 0. The first-order valence-electron chi connectivity index (χ1n) is 3.71. The highest BCUT2D eigenvalue weighted by molar-refractivity contribution is 6.30. The van der Waals surface area contributed by atoms with Crippen LogP contribution in [0.15, 0.2) is 10.6 Å². The third-order valence-electron chi connectivity index (χ3n) is 1.84. The van der Waals surface area contributed by atoms with E-state index in [1.54, 1.807) is 4.81 Å². The average molecular weight is 171 g/mol. The number of nitrogens with zero attached hydrogens (tertiary/aromatic N) is 1. The standard InChI is InChI=1S/C7H11BClNO/c8-10-3-1-2-6(4-10)7(9)5-11/h11H,1-5H2/b7-6-. The molecule has 1 aliphatic rings. The van der Waals surface area contributed by atoms with Crippen molar-refractivity contribution in [3.63, 3.8) is 0 Å². The van der Waals surface area contributed by atoms with E-state index in [2.05, 4.69) is 0 Å². The van der Waals surface area contributed by atoms with Gasteiger partial charge in [-0.3, -0.25) is 0 Å². The van der Waals surface area contributed by atoms with Crippen LogP contribution >= 0.6 is 11.6 Å². The molecule has 1 rings (SSSR count). The Kier molecular flexibility index (Phi) is 3.43. The van der Waals surface area contributed by atoms with Gasteiger partial charge in [0.1, 0.15) is 0 Å². The lowest BCUT2D eigenvalue weighted by Crippen LogP contribution is -2.29. The molecule has 0 atom stereocenters. The van der Waals surface area contributed by atoms with E-state index in [0.717, 1.165) is 25.0 Å². The summed E-state index contributed by atoms with van der Waals surface area (Å²) < 4.78 is 0. The molecule has 1 saturated heterocycles. The van der Waals surface area contributed by atoms with Crippen molar-refractivity contribution >= 4 is 19.6 Å². The molecular weight excluding hydrogens is 160 g/mol. The summed E-state index contributed by atoms with van der Waals surface area (Å²) in [5, 5.41) is 9.28. The van der Waals surface area contributed by atoms with Crippen LogP contribution in [0.3, 0.4) is 0 Å². The molecule has 0 aromatic heterocycles. The van der Waals surface area contributed by atoms with Crippen LogP contribution in [0.2, 0.25) is 0 Å². The van der Waals surface area contributed by atoms with Gasteiger partial charge in [-0.15, -0.1) is 0 Å². The smallest absolute Gasteiger partial charge is 0.182 e. The van der Waals surface area contributed by atoms with Gasteiger partial charge in [0.25, 0.3) is 0 Å². The van der Waals surface area contributed by atoms with Crippen molar-refractivity contribution in [3.8, 4) is 0 Å². The van der Waals surface area contributed by atoms with Crippen molar-refractivity contribution in [3.05, 3.63) is 10.6 Å². The van der Waals surface area contributed by atoms with E-state index in [1.807, 2.05) is 0 Å². The molecule has 0 saturated carbocycles. The van der Waals surface area contributed by atoms with Crippen LogP contribution in [0, 0.1) is 0 Å². The summed E-state index contributed by atoms with van der Waals surface area (Å²) in [6.45, 7) is 1.54. The second kappa shape index (κ2) is 4.14. The highest BCUT2D eigenvalue weighted by atomic mass is 35.5. The fraction of sp³-hybridized carbons (Fsp3) is 0.714. The van der Waals surface area contributed by atoms with E-state index in [-0.39, 0.29) is 6.61 Å². The lowest BCUT2D eigenvalue weighted by molar-refractivity contribution is 0.333. The Hall–Kier alpha value is 0.0149. The van der Waals surface area contributed by atoms with Crippen LogP contribution in [-0.4, -0.2) is 37.6 Å². The van der Waals surface area contributed by atoms with Crippen LogP contribution in [0.25, 0.3) is 0 Å². The average Bonchev–Trinajstić information content (AvgIpc) is 2.03. The maximum absolute atomic E-state index is 8.72. The van der Waals surface area contributed by atoms with E-state index in [4.69, 9.17) is 24.7 Å². The summed E-state index contributed by atoms with van der Waals surface area (Å²) >= 11 is 5.76. The quantitative estimate of drug-likeness (QED) is 0.586. The van der Waals surface area contributed by atoms with Gasteiger partial charge in [-0.05, 0) is 25.0 Å². The first-order chi connectivity index (χ1) is 5.24. The molecule has 1 fully saturated rings. The van der Waals surface area contributed by atoms with Gasteiger partial charge in [0.05, 0.1) is 6.61 Å². The summed E-state index contributed by atoms with van der Waals surface area (Å²) in [4.78, 5) is 1.72. The number of hydrogen-bond donors (Lipinski definition) is 1. The Bertz CT molecular complexity index is 172. The van der Waals surface area contributed by atoms with Gasteiger partial charge >= 0.3 is 0 Å². The third kappa shape index (κ3) is 2.51. The molecular formula is C7H11BClNO. The normalized spacial score (nSPS) is 25.3. The number of aliphatic hydroxyl groups is 1. The van der Waals surface area contributed by atoms with Gasteiger partial charge in [-0.25, -0.2) is 0 Å². The van der Waals surface area contributed by atoms with Crippen molar-refractivity contribution in [1.82, 2.24) is 4.81 Å². The molecule has 0 amide bonds. The Balaban J connectivity index is 2.58. The first kappa shape index (κ1) is 9.11. The van der Waals surface area contributed by atoms with Crippen molar-refractivity contribution < 1.29 is 5.11 Å². The van der Waals surface area contributed by atoms with Gasteiger partial charge in [-0.1, -0.05) is 11.6 Å². The number of halogens is 1. The molecule has 1 heterocycles. The maximum Gasteiger partial charge on any atom is 0.182 e. The van der Waals surface area contributed by atoms with E-state index >= 15 is 0 Å². The molecule has 2 nitrogen and oxygen atoms in total. The fourth-order valence-electron chi connectivity index (χ4n) is 1.23. The summed E-state index contributed by atoms with van der Waals surface area (Å²) in [5.41, 5.74) is 1.07. The summed E-state index contributed by atoms with van der Waals surface area (Å²) in [6.07, 6.45) is 2.00. The van der Waals surface area contributed by atoms with E-state index in [0.29, 0.717) is 11.6 Å². The second-order valence-corrected chi connectivity index (χ2v) is 3.20. The minimum Gasteiger partial charge on any atom is -0.391 e. The summed E-state index contributed by atoms with van der Waals surface area (Å²) in [7, 11) is 5.58. The van der Waals surface area contributed by atoms with Gasteiger partial charge in [0.15, 0.2) is 7.98 Å². The molecule has 0 aromatic rings. The number of aliphatic hydroxyl groups excluding tert-OH is 1. The molecule has 0 aliphatic carbocycles. The van der Waals surface area contributed by atoms with Crippen LogP contribution in [0.5, 0.6) is 0 Å². The Labute approximate surface area is 73.3 Å². The van der Waals surface area contributed by atoms with Gasteiger partial charge in [0, 0.05) is 11.6 Å². The first-order valence-corrected chi connectivity index (χ1v) is 4.08. The van der Waals surface area contributed by atoms with Gasteiger partial charge in [-0.2, -0.15) is 0 Å². The van der Waals surface area contributed by atoms with Crippen molar-refractivity contribution in [2.45, 2.75) is 12.8 Å². The third-order valence-corrected chi connectivity index (χ3v) is 2.23. The largest absolute Gasteiger partial charge is 0.391 e. The molecule has 2 radical (unpaired) electrons. The van der Waals surface area contributed by atoms with Gasteiger partial charge in [0.2, 0.25) is 0 Å². The molecule has 0 spiro atoms. The van der Waals surface area contributed by atoms with Crippen molar-refractivity contribution in [1.29, 1.82) is 0 Å². The molecule has 1 N–H and O–H groups in total. The Morgan fingerprint density at radius 1 is 1.73 bits per heavy atom. The van der Waals surface area contributed by atoms with E-state index in [9.17, 15) is 0 Å². The molecule has 0 aromatic carbocycles. The molecule has 0 bridgehead atoms. The monoisotopic (exact) mass is 171 g/mol. The van der Waals surface area contributed by atoms with Crippen LogP contribution < -0.4 is 0 Å². The fourth-order valence-corrected chi connectivity index (χ4v) is 1.39. The maximum atomic E-state index is 8.72. The SMILES string of the molecule is [B]N1CCC/C(=C(/Cl)CO)C1. The summed E-state index contributed by atoms with van der Waals surface area (Å²) in [6, 6.07) is 0. The number of rotatable bonds is 1. The van der Waals surface area contributed by atoms with Crippen LogP contribution in [0.1, 0.15) is 12.8 Å². The molecule has 0 unspecified atom stereocenters. The van der Waals surface area contributed by atoms with E-state index in [1.165, 1.54) is 0 Å². The lowest BCUT2D eigenvalue weighted by atomic mass is 10.0. The molecule has 1 aliphatic heterocycles. The van der Waals surface area contributed by atoms with Gasteiger partial charge < -0.3 is 9.92 Å². The zero-order valence-electron chi connectivity index (χ0n) is 6.39. The van der Waals surface area contributed by atoms with Crippen molar-refractivity contribution in [2.75, 3.05) is 19.7 Å². The van der Waals surface area contributed by atoms with Crippen molar-refractivity contribution in [2.24, 2.45) is 0 Å². The van der Waals surface area contributed by atoms with Crippen LogP contribution in [0.4, 0.5) is 0 Å². The Morgan fingerprint density at radius 2 is 2.45 bits per heavy atom. The Morgan fingerprint density at radius 3 is 3.00 bits per heavy atom. The zero-order valence-corrected chi connectivity index (χ0v) is 7.14. The zero-order chi connectivity index (χ0) is 8.27. The highest BCUT2D eigenvalue weighted by Crippen LogP contribution is 2.19. The van der Waals surface area contributed by atoms with E-state index < -0.39 is 0 Å².